The van der Waals surface area contributed by atoms with Crippen LogP contribution in [0.15, 0.2) is 0 Å². The fourth-order valence-electron chi connectivity index (χ4n) is 4.40. The molecule has 3 aliphatic rings. The number of rotatable bonds is 3. The Kier molecular flexibility index (Phi) is 3.92. The van der Waals surface area contributed by atoms with Gasteiger partial charge in [0.05, 0.1) is 5.41 Å². The molecule has 1 amide bonds. The molecule has 3 rings (SSSR count). The Morgan fingerprint density at radius 1 is 1.29 bits per heavy atom. The Morgan fingerprint density at radius 3 is 2.62 bits per heavy atom. The summed E-state index contributed by atoms with van der Waals surface area (Å²) in [6, 6.07) is -0.656. The van der Waals surface area contributed by atoms with E-state index in [1.807, 2.05) is 0 Å². The van der Waals surface area contributed by atoms with E-state index in [4.69, 9.17) is 10.5 Å². The molecule has 1 saturated carbocycles. The van der Waals surface area contributed by atoms with Crippen molar-refractivity contribution in [2.24, 2.45) is 23.0 Å². The van der Waals surface area contributed by atoms with Crippen LogP contribution in [0.4, 0.5) is 0 Å². The third kappa shape index (κ3) is 2.34. The van der Waals surface area contributed by atoms with Gasteiger partial charge in [0.15, 0.2) is 0 Å². The average molecular weight is 296 g/mol. The lowest BCUT2D eigenvalue weighted by atomic mass is 9.78. The quantitative estimate of drug-likeness (QED) is 0.789. The maximum absolute atomic E-state index is 13.0. The number of fused-ring (bicyclic) bond motifs is 1. The van der Waals surface area contributed by atoms with Crippen molar-refractivity contribution < 1.29 is 19.4 Å². The first kappa shape index (κ1) is 14.8. The summed E-state index contributed by atoms with van der Waals surface area (Å²) < 4.78 is 5.35. The molecule has 0 radical (unpaired) electrons. The number of carbonyl (C=O) groups excluding carboxylic acids is 1. The van der Waals surface area contributed by atoms with Gasteiger partial charge in [-0.1, -0.05) is 6.42 Å². The Hall–Kier alpha value is -1.14. The molecular weight excluding hydrogens is 272 g/mol. The van der Waals surface area contributed by atoms with Gasteiger partial charge in [-0.15, -0.1) is 0 Å². The van der Waals surface area contributed by atoms with E-state index in [-0.39, 0.29) is 18.4 Å². The predicted molar refractivity (Wildman–Crippen MR) is 75.5 cm³/mol. The van der Waals surface area contributed by atoms with Crippen molar-refractivity contribution in [1.82, 2.24) is 4.90 Å². The third-order valence-corrected chi connectivity index (χ3v) is 5.70. The minimum Gasteiger partial charge on any atom is -0.480 e. The van der Waals surface area contributed by atoms with Crippen molar-refractivity contribution >= 4 is 11.9 Å². The molecule has 118 valence electrons. The largest absolute Gasteiger partial charge is 0.480 e. The van der Waals surface area contributed by atoms with Crippen molar-refractivity contribution in [3.05, 3.63) is 0 Å². The van der Waals surface area contributed by atoms with Crippen LogP contribution in [-0.2, 0) is 14.3 Å². The van der Waals surface area contributed by atoms with Gasteiger partial charge in [0.2, 0.25) is 5.91 Å². The van der Waals surface area contributed by atoms with Gasteiger partial charge in [0.1, 0.15) is 6.04 Å². The first-order valence-corrected chi connectivity index (χ1v) is 7.91. The topological polar surface area (TPSA) is 92.9 Å². The van der Waals surface area contributed by atoms with Gasteiger partial charge in [0, 0.05) is 26.3 Å². The van der Waals surface area contributed by atoms with Crippen LogP contribution in [0.1, 0.15) is 32.1 Å². The summed E-state index contributed by atoms with van der Waals surface area (Å²) in [4.78, 5) is 26.3. The molecule has 2 saturated heterocycles. The highest BCUT2D eigenvalue weighted by molar-refractivity contribution is 5.88. The number of carboxylic acids is 1. The zero-order valence-electron chi connectivity index (χ0n) is 12.3. The summed E-state index contributed by atoms with van der Waals surface area (Å²) in [6.07, 6.45) is 4.24. The number of nitrogens with two attached hydrogens (primary N) is 1. The van der Waals surface area contributed by atoms with Crippen LogP contribution in [-0.4, -0.2) is 54.2 Å². The van der Waals surface area contributed by atoms with Crippen molar-refractivity contribution in [3.8, 4) is 0 Å². The summed E-state index contributed by atoms with van der Waals surface area (Å²) in [6.45, 7) is 1.92. The number of hydrogen-bond acceptors (Lipinski definition) is 4. The molecule has 1 aliphatic carbocycles. The Balaban J connectivity index is 1.84. The summed E-state index contributed by atoms with van der Waals surface area (Å²) in [5.41, 5.74) is 5.27. The molecule has 2 heterocycles. The molecule has 0 aromatic heterocycles. The van der Waals surface area contributed by atoms with Crippen LogP contribution in [0.3, 0.4) is 0 Å². The van der Waals surface area contributed by atoms with Crippen molar-refractivity contribution in [2.75, 3.05) is 26.3 Å². The number of aliphatic carboxylic acids is 1. The van der Waals surface area contributed by atoms with Crippen molar-refractivity contribution in [1.29, 1.82) is 0 Å². The second kappa shape index (κ2) is 5.57. The fraction of sp³-hybridized carbons (Fsp3) is 0.867. The van der Waals surface area contributed by atoms with Gasteiger partial charge in [0.25, 0.3) is 0 Å². The molecule has 3 N–H and O–H groups in total. The monoisotopic (exact) mass is 296 g/mol. The first-order valence-electron chi connectivity index (χ1n) is 7.91. The van der Waals surface area contributed by atoms with Gasteiger partial charge < -0.3 is 20.5 Å². The smallest absolute Gasteiger partial charge is 0.326 e. The van der Waals surface area contributed by atoms with Crippen LogP contribution in [0, 0.1) is 17.3 Å². The first-order chi connectivity index (χ1) is 10.1. The summed E-state index contributed by atoms with van der Waals surface area (Å²) in [5, 5.41) is 9.58. The molecule has 3 atom stereocenters. The summed E-state index contributed by atoms with van der Waals surface area (Å²) in [7, 11) is 0. The van der Waals surface area contributed by atoms with E-state index in [9.17, 15) is 14.7 Å². The summed E-state index contributed by atoms with van der Waals surface area (Å²) >= 11 is 0. The zero-order chi connectivity index (χ0) is 15.0. The molecule has 6 heteroatoms. The van der Waals surface area contributed by atoms with Crippen LogP contribution >= 0.6 is 0 Å². The number of amides is 1. The van der Waals surface area contributed by atoms with Crippen LogP contribution < -0.4 is 5.73 Å². The second-order valence-electron chi connectivity index (χ2n) is 6.69. The highest BCUT2D eigenvalue weighted by Crippen LogP contribution is 2.44. The van der Waals surface area contributed by atoms with E-state index in [0.717, 1.165) is 19.3 Å². The lowest BCUT2D eigenvalue weighted by Crippen LogP contribution is -2.54. The third-order valence-electron chi connectivity index (χ3n) is 5.70. The van der Waals surface area contributed by atoms with Gasteiger partial charge >= 0.3 is 5.97 Å². The number of likely N-dealkylation sites (tertiary alicyclic amines) is 1. The van der Waals surface area contributed by atoms with E-state index in [1.54, 1.807) is 4.90 Å². The van der Waals surface area contributed by atoms with Gasteiger partial charge in [-0.05, 0) is 37.5 Å². The standard InChI is InChI=1S/C15H24N2O4/c16-9-15(4-6-21-7-5-15)14(20)17-8-10-2-1-3-11(10)12(17)13(18)19/h10-12H,1-9,16H2,(H,18,19). The normalized spacial score (nSPS) is 34.7. The Morgan fingerprint density at radius 2 is 2.00 bits per heavy atom. The Labute approximate surface area is 124 Å². The summed E-state index contributed by atoms with van der Waals surface area (Å²) in [5.74, 6) is -0.446. The van der Waals surface area contributed by atoms with E-state index in [0.29, 0.717) is 38.5 Å². The molecule has 0 aromatic carbocycles. The molecular formula is C15H24N2O4. The lowest BCUT2D eigenvalue weighted by Gasteiger charge is -2.39. The maximum atomic E-state index is 13.0. The SMILES string of the molecule is NCC1(C(=O)N2CC3CCCC3C2C(=O)O)CCOCC1. The fourth-order valence-corrected chi connectivity index (χ4v) is 4.40. The molecule has 3 unspecified atom stereocenters. The highest BCUT2D eigenvalue weighted by atomic mass is 16.5. The van der Waals surface area contributed by atoms with Gasteiger partial charge in [-0.2, -0.15) is 0 Å². The minimum absolute atomic E-state index is 0.0601. The number of ether oxygens (including phenoxy) is 1. The van der Waals surface area contributed by atoms with E-state index >= 15 is 0 Å². The van der Waals surface area contributed by atoms with Crippen LogP contribution in [0.2, 0.25) is 0 Å². The molecule has 3 fully saturated rings. The second-order valence-corrected chi connectivity index (χ2v) is 6.69. The lowest BCUT2D eigenvalue weighted by molar-refractivity contribution is -0.157. The van der Waals surface area contributed by atoms with Crippen LogP contribution in [0.25, 0.3) is 0 Å². The maximum Gasteiger partial charge on any atom is 0.326 e. The zero-order valence-corrected chi connectivity index (χ0v) is 12.3. The van der Waals surface area contributed by atoms with Gasteiger partial charge in [-0.3, -0.25) is 4.79 Å². The molecule has 0 bridgehead atoms. The number of carbonyl (C=O) groups is 2. The minimum atomic E-state index is -0.864. The van der Waals surface area contributed by atoms with E-state index in [2.05, 4.69) is 0 Å². The van der Waals surface area contributed by atoms with Gasteiger partial charge in [-0.25, -0.2) is 4.79 Å². The molecule has 21 heavy (non-hydrogen) atoms. The predicted octanol–water partition coefficient (Wildman–Crippen LogP) is 0.454. The van der Waals surface area contributed by atoms with Crippen molar-refractivity contribution in [2.45, 2.75) is 38.1 Å². The molecule has 0 spiro atoms. The van der Waals surface area contributed by atoms with Crippen LogP contribution in [0.5, 0.6) is 0 Å². The number of carboxylic acid groups (broad SMARTS) is 1. The van der Waals surface area contributed by atoms with E-state index in [1.165, 1.54) is 0 Å². The number of hydrogen-bond donors (Lipinski definition) is 2. The molecule has 6 nitrogen and oxygen atoms in total. The van der Waals surface area contributed by atoms with E-state index < -0.39 is 17.4 Å². The van der Waals surface area contributed by atoms with Crippen molar-refractivity contribution in [3.63, 3.8) is 0 Å². The molecule has 2 aliphatic heterocycles. The highest BCUT2D eigenvalue weighted by Gasteiger charge is 2.53. The molecule has 0 aromatic rings. The number of nitrogens with zero attached hydrogens (tertiary/aromatic N) is 1. The Bertz CT molecular complexity index is 433. The average Bonchev–Trinajstić information content (AvgIpc) is 3.06.